The van der Waals surface area contributed by atoms with Crippen LogP contribution in [0.25, 0.3) is 0 Å². The van der Waals surface area contributed by atoms with Crippen molar-refractivity contribution in [2.24, 2.45) is 0 Å². The number of ether oxygens (including phenoxy) is 3. The third-order valence-corrected chi connectivity index (χ3v) is 2.99. The van der Waals surface area contributed by atoms with Gasteiger partial charge < -0.3 is 19.5 Å². The number of cyclic esters (lactones) is 2. The minimum atomic E-state index is -4.94. The number of para-hydroxylation sites is 1. The summed E-state index contributed by atoms with van der Waals surface area (Å²) in [4.78, 5) is 23.5. The van der Waals surface area contributed by atoms with Gasteiger partial charge in [-0.05, 0) is 12.1 Å². The first-order valence-electron chi connectivity index (χ1n) is 6.46. The lowest BCUT2D eigenvalue weighted by molar-refractivity contribution is -0.274. The molecule has 0 atom stereocenters. The summed E-state index contributed by atoms with van der Waals surface area (Å²) in [6.45, 7) is 2.71. The van der Waals surface area contributed by atoms with Crippen LogP contribution >= 0.6 is 11.6 Å². The summed E-state index contributed by atoms with van der Waals surface area (Å²) in [5, 5.41) is 2.22. The molecule has 0 amide bonds. The Kier molecular flexibility index (Phi) is 4.66. The second-order valence-electron chi connectivity index (χ2n) is 5.04. The van der Waals surface area contributed by atoms with Gasteiger partial charge in [-0.2, -0.15) is 0 Å². The highest BCUT2D eigenvalue weighted by atomic mass is 35.5. The first-order valence-corrected chi connectivity index (χ1v) is 6.84. The Hall–Kier alpha value is -2.42. The SMILES string of the molecule is CC1(C)OC(=O)C(=CNc2c(Cl)cccc2OC(F)(F)F)C(=O)O1. The predicted octanol–water partition coefficient (Wildman–Crippen LogP) is 3.37. The molecule has 1 fully saturated rings. The molecule has 1 heterocycles. The molecule has 10 heteroatoms. The van der Waals surface area contributed by atoms with Crippen molar-refractivity contribution < 1.29 is 37.0 Å². The first kappa shape index (κ1) is 17.9. The normalized spacial score (nSPS) is 17.0. The number of rotatable bonds is 3. The van der Waals surface area contributed by atoms with Gasteiger partial charge in [-0.25, -0.2) is 9.59 Å². The zero-order chi connectivity index (χ0) is 18.1. The van der Waals surface area contributed by atoms with E-state index in [1.54, 1.807) is 0 Å². The fraction of sp³-hybridized carbons (Fsp3) is 0.286. The van der Waals surface area contributed by atoms with E-state index in [4.69, 9.17) is 21.1 Å². The van der Waals surface area contributed by atoms with Crippen LogP contribution < -0.4 is 10.1 Å². The summed E-state index contributed by atoms with van der Waals surface area (Å²) in [5.74, 6) is -4.05. The van der Waals surface area contributed by atoms with Crippen LogP contribution in [0.15, 0.2) is 30.0 Å². The highest BCUT2D eigenvalue weighted by molar-refractivity contribution is 6.33. The van der Waals surface area contributed by atoms with E-state index in [2.05, 4.69) is 10.1 Å². The van der Waals surface area contributed by atoms with Crippen molar-refractivity contribution in [3.8, 4) is 5.75 Å². The van der Waals surface area contributed by atoms with Crippen LogP contribution in [0.4, 0.5) is 18.9 Å². The Morgan fingerprint density at radius 1 is 1.21 bits per heavy atom. The number of halogens is 4. The number of carbonyl (C=O) groups excluding carboxylic acids is 2. The van der Waals surface area contributed by atoms with Crippen molar-refractivity contribution in [2.45, 2.75) is 26.0 Å². The van der Waals surface area contributed by atoms with Crippen molar-refractivity contribution in [3.05, 3.63) is 35.0 Å². The van der Waals surface area contributed by atoms with Gasteiger partial charge in [0, 0.05) is 20.0 Å². The zero-order valence-electron chi connectivity index (χ0n) is 12.4. The van der Waals surface area contributed by atoms with Crippen LogP contribution in [0.1, 0.15) is 13.8 Å². The van der Waals surface area contributed by atoms with Gasteiger partial charge in [0.05, 0.1) is 5.02 Å². The number of hydrogen-bond acceptors (Lipinski definition) is 6. The molecule has 1 saturated heterocycles. The molecule has 1 aromatic carbocycles. The monoisotopic (exact) mass is 365 g/mol. The van der Waals surface area contributed by atoms with Crippen molar-refractivity contribution >= 4 is 29.2 Å². The Bertz CT molecular complexity index is 693. The molecule has 0 bridgehead atoms. The number of benzene rings is 1. The second-order valence-corrected chi connectivity index (χ2v) is 5.45. The lowest BCUT2D eigenvalue weighted by atomic mass is 10.2. The second kappa shape index (κ2) is 6.23. The molecule has 24 heavy (non-hydrogen) atoms. The fourth-order valence-corrected chi connectivity index (χ4v) is 2.00. The number of alkyl halides is 3. The molecule has 0 spiro atoms. The van der Waals surface area contributed by atoms with Gasteiger partial charge in [-0.15, -0.1) is 13.2 Å². The number of nitrogens with one attached hydrogen (secondary N) is 1. The summed E-state index contributed by atoms with van der Waals surface area (Å²) in [6.07, 6.45) is -4.11. The number of esters is 2. The van der Waals surface area contributed by atoms with E-state index in [1.807, 2.05) is 0 Å². The maximum Gasteiger partial charge on any atom is 0.573 e. The summed E-state index contributed by atoms with van der Waals surface area (Å²) in [6, 6.07) is 3.56. The number of carbonyl (C=O) groups is 2. The predicted molar refractivity (Wildman–Crippen MR) is 76.1 cm³/mol. The molecule has 1 aromatic rings. The summed E-state index contributed by atoms with van der Waals surface area (Å²) < 4.78 is 50.7. The van der Waals surface area contributed by atoms with Crippen LogP contribution in [0.5, 0.6) is 5.75 Å². The van der Waals surface area contributed by atoms with Crippen molar-refractivity contribution in [1.29, 1.82) is 0 Å². The molecule has 0 radical (unpaired) electrons. The molecule has 1 N–H and O–H groups in total. The van der Waals surface area contributed by atoms with Gasteiger partial charge in [0.15, 0.2) is 11.3 Å². The third-order valence-electron chi connectivity index (χ3n) is 2.68. The Morgan fingerprint density at radius 3 is 2.33 bits per heavy atom. The van der Waals surface area contributed by atoms with Gasteiger partial charge in [0.1, 0.15) is 5.69 Å². The van der Waals surface area contributed by atoms with Crippen molar-refractivity contribution in [2.75, 3.05) is 5.32 Å². The molecule has 0 aromatic heterocycles. The van der Waals surface area contributed by atoms with Gasteiger partial charge in [0.25, 0.3) is 5.79 Å². The largest absolute Gasteiger partial charge is 0.573 e. The lowest BCUT2D eigenvalue weighted by Crippen LogP contribution is -2.42. The molecular weight excluding hydrogens is 355 g/mol. The van der Waals surface area contributed by atoms with Gasteiger partial charge in [-0.3, -0.25) is 0 Å². The highest BCUT2D eigenvalue weighted by Crippen LogP contribution is 2.36. The van der Waals surface area contributed by atoms with E-state index in [1.165, 1.54) is 26.0 Å². The summed E-state index contributed by atoms with van der Waals surface area (Å²) in [5.41, 5.74) is -0.818. The molecule has 1 aliphatic rings. The maximum absolute atomic E-state index is 12.4. The Balaban J connectivity index is 2.29. The minimum absolute atomic E-state index is 0.119. The molecule has 130 valence electrons. The topological polar surface area (TPSA) is 73.9 Å². The van der Waals surface area contributed by atoms with Crippen LogP contribution in [0.3, 0.4) is 0 Å². The van der Waals surface area contributed by atoms with Crippen LogP contribution in [0.2, 0.25) is 5.02 Å². The third kappa shape index (κ3) is 4.31. The standard InChI is InChI=1S/C14H11ClF3NO5/c1-13(2)23-11(20)7(12(21)24-13)6-19-10-8(15)4-3-5-9(10)22-14(16,17)18/h3-6,19H,1-2H3. The first-order chi connectivity index (χ1) is 11.0. The number of hydrogen-bond donors (Lipinski definition) is 1. The quantitative estimate of drug-likeness (QED) is 0.503. The highest BCUT2D eigenvalue weighted by Gasteiger charge is 2.39. The van der Waals surface area contributed by atoms with Crippen LogP contribution in [0, 0.1) is 0 Å². The molecule has 0 aliphatic carbocycles. The molecule has 2 rings (SSSR count). The molecule has 0 saturated carbocycles. The lowest BCUT2D eigenvalue weighted by Gasteiger charge is -2.29. The molecule has 0 unspecified atom stereocenters. The average Bonchev–Trinajstić information content (AvgIpc) is 2.37. The van der Waals surface area contributed by atoms with Crippen molar-refractivity contribution in [1.82, 2.24) is 0 Å². The van der Waals surface area contributed by atoms with E-state index in [0.717, 1.165) is 12.3 Å². The van der Waals surface area contributed by atoms with Crippen LogP contribution in [-0.4, -0.2) is 24.1 Å². The Labute approximate surface area is 139 Å². The maximum atomic E-state index is 12.4. The van der Waals surface area contributed by atoms with E-state index >= 15 is 0 Å². The molecule has 1 aliphatic heterocycles. The molecule has 6 nitrogen and oxygen atoms in total. The Morgan fingerprint density at radius 2 is 1.79 bits per heavy atom. The summed E-state index contributed by atoms with van der Waals surface area (Å²) >= 11 is 5.82. The smallest absolute Gasteiger partial charge is 0.419 e. The summed E-state index contributed by atoms with van der Waals surface area (Å²) in [7, 11) is 0. The minimum Gasteiger partial charge on any atom is -0.419 e. The average molecular weight is 366 g/mol. The van der Waals surface area contributed by atoms with E-state index in [0.29, 0.717) is 0 Å². The fourth-order valence-electron chi connectivity index (χ4n) is 1.78. The number of anilines is 1. The van der Waals surface area contributed by atoms with Gasteiger partial charge in [0.2, 0.25) is 0 Å². The van der Waals surface area contributed by atoms with E-state index < -0.39 is 35.4 Å². The van der Waals surface area contributed by atoms with Gasteiger partial charge in [-0.1, -0.05) is 17.7 Å². The zero-order valence-corrected chi connectivity index (χ0v) is 13.1. The van der Waals surface area contributed by atoms with Crippen LogP contribution in [-0.2, 0) is 19.1 Å². The van der Waals surface area contributed by atoms with E-state index in [9.17, 15) is 22.8 Å². The van der Waals surface area contributed by atoms with E-state index in [-0.39, 0.29) is 10.7 Å². The van der Waals surface area contributed by atoms with Crippen molar-refractivity contribution in [3.63, 3.8) is 0 Å². The molecular formula is C14H11ClF3NO5. The van der Waals surface area contributed by atoms with Gasteiger partial charge >= 0.3 is 18.3 Å².